The van der Waals surface area contributed by atoms with E-state index in [1.54, 1.807) is 29.2 Å². The van der Waals surface area contributed by atoms with Gasteiger partial charge >= 0.3 is 0 Å². The van der Waals surface area contributed by atoms with Gasteiger partial charge in [0.1, 0.15) is 18.3 Å². The van der Waals surface area contributed by atoms with Crippen LogP contribution in [0.1, 0.15) is 25.3 Å². The van der Waals surface area contributed by atoms with Crippen molar-refractivity contribution in [3.63, 3.8) is 0 Å². The molecule has 0 radical (unpaired) electrons. The van der Waals surface area contributed by atoms with Crippen LogP contribution in [0.25, 0.3) is 0 Å². The number of hydrogen-bond donors (Lipinski definition) is 1. The first-order valence-corrected chi connectivity index (χ1v) is 6.81. The Morgan fingerprint density at radius 2 is 2.16 bits per heavy atom. The van der Waals surface area contributed by atoms with Gasteiger partial charge in [-0.25, -0.2) is 9.67 Å². The normalized spacial score (nSPS) is 14.3. The monoisotopic (exact) mass is 299 g/mol. The molecule has 19 heavy (non-hydrogen) atoms. The van der Waals surface area contributed by atoms with E-state index >= 15 is 0 Å². The smallest absolute Gasteiger partial charge is 0.137 e. The van der Waals surface area contributed by atoms with Crippen LogP contribution in [0.4, 0.5) is 0 Å². The molecule has 0 saturated carbocycles. The van der Waals surface area contributed by atoms with E-state index in [4.69, 9.17) is 23.2 Å². The van der Waals surface area contributed by atoms with E-state index in [0.29, 0.717) is 28.6 Å². The molecule has 1 aromatic carbocycles. The SMILES string of the molecule is CCCC(O)(Cn1cncn1)c1ccc(Cl)cc1Cl. The molecule has 6 heteroatoms. The van der Waals surface area contributed by atoms with Gasteiger partial charge in [-0.05, 0) is 18.6 Å². The van der Waals surface area contributed by atoms with Crippen LogP contribution < -0.4 is 0 Å². The maximum atomic E-state index is 10.9. The van der Waals surface area contributed by atoms with E-state index in [9.17, 15) is 5.11 Å². The second-order valence-corrected chi connectivity index (χ2v) is 5.34. The molecule has 0 saturated heterocycles. The van der Waals surface area contributed by atoms with Crippen LogP contribution in [0, 0.1) is 0 Å². The van der Waals surface area contributed by atoms with Crippen LogP contribution in [-0.4, -0.2) is 19.9 Å². The van der Waals surface area contributed by atoms with E-state index in [2.05, 4.69) is 10.1 Å². The average molecular weight is 300 g/mol. The summed E-state index contributed by atoms with van der Waals surface area (Å²) in [7, 11) is 0. The van der Waals surface area contributed by atoms with Gasteiger partial charge in [-0.3, -0.25) is 0 Å². The minimum Gasteiger partial charge on any atom is -0.383 e. The molecule has 1 aromatic heterocycles. The van der Waals surface area contributed by atoms with Crippen molar-refractivity contribution in [1.29, 1.82) is 0 Å². The van der Waals surface area contributed by atoms with Gasteiger partial charge in [-0.15, -0.1) is 0 Å². The Morgan fingerprint density at radius 3 is 2.74 bits per heavy atom. The van der Waals surface area contributed by atoms with E-state index < -0.39 is 5.60 Å². The predicted octanol–water partition coefficient (Wildman–Crippen LogP) is 3.27. The van der Waals surface area contributed by atoms with Crippen molar-refractivity contribution in [3.05, 3.63) is 46.5 Å². The van der Waals surface area contributed by atoms with Crippen LogP contribution in [0.2, 0.25) is 10.0 Å². The lowest BCUT2D eigenvalue weighted by atomic mass is 9.89. The third kappa shape index (κ3) is 3.26. The number of aromatic nitrogens is 3. The van der Waals surface area contributed by atoms with Crippen molar-refractivity contribution in [2.75, 3.05) is 0 Å². The maximum Gasteiger partial charge on any atom is 0.137 e. The van der Waals surface area contributed by atoms with Crippen LogP contribution in [0.15, 0.2) is 30.9 Å². The fourth-order valence-corrected chi connectivity index (χ4v) is 2.75. The first kappa shape index (κ1) is 14.3. The molecule has 0 spiro atoms. The van der Waals surface area contributed by atoms with Crippen LogP contribution >= 0.6 is 23.2 Å². The lowest BCUT2D eigenvalue weighted by Crippen LogP contribution is -2.32. The lowest BCUT2D eigenvalue weighted by molar-refractivity contribution is 0.00564. The van der Waals surface area contributed by atoms with Gasteiger partial charge in [0.25, 0.3) is 0 Å². The summed E-state index contributed by atoms with van der Waals surface area (Å²) in [6, 6.07) is 5.13. The number of rotatable bonds is 5. The highest BCUT2D eigenvalue weighted by atomic mass is 35.5. The summed E-state index contributed by atoms with van der Waals surface area (Å²) in [6.45, 7) is 2.32. The van der Waals surface area contributed by atoms with Gasteiger partial charge in [-0.2, -0.15) is 5.10 Å². The molecule has 1 atom stereocenters. The Balaban J connectivity index is 2.37. The zero-order chi connectivity index (χ0) is 13.9. The third-order valence-corrected chi connectivity index (χ3v) is 3.53. The number of benzene rings is 1. The van der Waals surface area contributed by atoms with E-state index in [0.717, 1.165) is 6.42 Å². The average Bonchev–Trinajstić information content (AvgIpc) is 2.81. The molecule has 0 bridgehead atoms. The summed E-state index contributed by atoms with van der Waals surface area (Å²) in [6.07, 6.45) is 4.42. The highest BCUT2D eigenvalue weighted by Gasteiger charge is 2.31. The summed E-state index contributed by atoms with van der Waals surface area (Å²) >= 11 is 12.1. The quantitative estimate of drug-likeness (QED) is 0.922. The molecular weight excluding hydrogens is 285 g/mol. The van der Waals surface area contributed by atoms with E-state index in [1.807, 2.05) is 6.92 Å². The van der Waals surface area contributed by atoms with Crippen LogP contribution in [0.3, 0.4) is 0 Å². The summed E-state index contributed by atoms with van der Waals surface area (Å²) < 4.78 is 1.60. The summed E-state index contributed by atoms with van der Waals surface area (Å²) in [5.74, 6) is 0. The van der Waals surface area contributed by atoms with Gasteiger partial charge < -0.3 is 5.11 Å². The summed E-state index contributed by atoms with van der Waals surface area (Å²) in [5, 5.41) is 16.0. The van der Waals surface area contributed by atoms with E-state index in [1.165, 1.54) is 6.33 Å². The number of aliphatic hydroxyl groups is 1. The Kier molecular flexibility index (Phi) is 4.45. The third-order valence-electron chi connectivity index (χ3n) is 2.99. The molecule has 0 aliphatic carbocycles. The summed E-state index contributed by atoms with van der Waals surface area (Å²) in [4.78, 5) is 3.88. The Bertz CT molecular complexity index is 545. The van der Waals surface area contributed by atoms with Crippen molar-refractivity contribution in [3.8, 4) is 0 Å². The van der Waals surface area contributed by atoms with Gasteiger partial charge in [-0.1, -0.05) is 42.6 Å². The minimum absolute atomic E-state index is 0.308. The highest BCUT2D eigenvalue weighted by molar-refractivity contribution is 6.35. The highest BCUT2D eigenvalue weighted by Crippen LogP contribution is 2.34. The lowest BCUT2D eigenvalue weighted by Gasteiger charge is -2.29. The van der Waals surface area contributed by atoms with Gasteiger partial charge in [0, 0.05) is 15.6 Å². The maximum absolute atomic E-state index is 10.9. The molecule has 0 fully saturated rings. The molecule has 1 N–H and O–H groups in total. The fourth-order valence-electron chi connectivity index (χ4n) is 2.16. The van der Waals surface area contributed by atoms with E-state index in [-0.39, 0.29) is 0 Å². The van der Waals surface area contributed by atoms with Crippen molar-refractivity contribution in [2.45, 2.75) is 31.9 Å². The van der Waals surface area contributed by atoms with Gasteiger partial charge in [0.05, 0.1) is 6.54 Å². The summed E-state index contributed by atoms with van der Waals surface area (Å²) in [5.41, 5.74) is -0.416. The van der Waals surface area contributed by atoms with Gasteiger partial charge in [0.15, 0.2) is 0 Å². The second-order valence-electron chi connectivity index (χ2n) is 4.50. The van der Waals surface area contributed by atoms with Gasteiger partial charge in [0.2, 0.25) is 0 Å². The Morgan fingerprint density at radius 1 is 1.37 bits per heavy atom. The molecular formula is C13H15Cl2N3O. The van der Waals surface area contributed by atoms with Crippen molar-refractivity contribution in [1.82, 2.24) is 14.8 Å². The fraction of sp³-hybridized carbons (Fsp3) is 0.385. The van der Waals surface area contributed by atoms with Crippen molar-refractivity contribution in [2.24, 2.45) is 0 Å². The molecule has 102 valence electrons. The zero-order valence-electron chi connectivity index (χ0n) is 10.6. The predicted molar refractivity (Wildman–Crippen MR) is 75.3 cm³/mol. The Hall–Kier alpha value is -1.10. The molecule has 0 aliphatic rings. The number of nitrogens with zero attached hydrogens (tertiary/aromatic N) is 3. The van der Waals surface area contributed by atoms with Crippen LogP contribution in [0.5, 0.6) is 0 Å². The molecule has 0 aliphatic heterocycles. The first-order chi connectivity index (χ1) is 9.05. The molecule has 1 unspecified atom stereocenters. The molecule has 2 aromatic rings. The number of hydrogen-bond acceptors (Lipinski definition) is 3. The topological polar surface area (TPSA) is 50.9 Å². The first-order valence-electron chi connectivity index (χ1n) is 6.05. The standard InChI is InChI=1S/C13H15Cl2N3O/c1-2-5-13(19,7-18-9-16-8-17-18)11-4-3-10(14)6-12(11)15/h3-4,6,8-9,19H,2,5,7H2,1H3. The van der Waals surface area contributed by atoms with Crippen molar-refractivity contribution < 1.29 is 5.11 Å². The molecule has 2 rings (SSSR count). The largest absolute Gasteiger partial charge is 0.383 e. The van der Waals surface area contributed by atoms with Crippen molar-refractivity contribution >= 4 is 23.2 Å². The zero-order valence-corrected chi connectivity index (χ0v) is 12.1. The Labute approximate surface area is 122 Å². The molecule has 1 heterocycles. The number of halogens is 2. The molecule has 4 nitrogen and oxygen atoms in total. The van der Waals surface area contributed by atoms with Crippen LogP contribution in [-0.2, 0) is 12.1 Å². The molecule has 0 amide bonds. The minimum atomic E-state index is -1.08. The second kappa shape index (κ2) is 5.90.